The second-order valence-corrected chi connectivity index (χ2v) is 4.16. The molecular formula is C11H15NO2. The molecule has 1 aliphatic carbocycles. The van der Waals surface area contributed by atoms with Crippen molar-refractivity contribution in [2.45, 2.75) is 38.6 Å². The van der Waals surface area contributed by atoms with Crippen molar-refractivity contribution in [3.8, 4) is 0 Å². The summed E-state index contributed by atoms with van der Waals surface area (Å²) in [5, 5.41) is 0. The van der Waals surface area contributed by atoms with Gasteiger partial charge in [0.1, 0.15) is 0 Å². The molecule has 0 bridgehead atoms. The molecule has 3 heteroatoms. The van der Waals surface area contributed by atoms with E-state index in [9.17, 15) is 9.59 Å². The predicted molar refractivity (Wildman–Crippen MR) is 52.4 cm³/mol. The molecule has 0 radical (unpaired) electrons. The molecule has 0 saturated heterocycles. The van der Waals surface area contributed by atoms with Crippen LogP contribution in [0.25, 0.3) is 0 Å². The van der Waals surface area contributed by atoms with Crippen molar-refractivity contribution >= 4 is 11.8 Å². The molecule has 1 unspecified atom stereocenters. The summed E-state index contributed by atoms with van der Waals surface area (Å²) in [7, 11) is 0. The maximum Gasteiger partial charge on any atom is 0.253 e. The molecular weight excluding hydrogens is 178 g/mol. The van der Waals surface area contributed by atoms with Gasteiger partial charge >= 0.3 is 0 Å². The second kappa shape index (κ2) is 3.56. The first kappa shape index (κ1) is 9.44. The Bertz CT molecular complexity index is 272. The molecule has 2 rings (SSSR count). The maximum atomic E-state index is 11.4. The van der Waals surface area contributed by atoms with Crippen molar-refractivity contribution in [2.24, 2.45) is 5.92 Å². The third-order valence-corrected chi connectivity index (χ3v) is 3.33. The third-order valence-electron chi connectivity index (χ3n) is 3.33. The third kappa shape index (κ3) is 1.47. The van der Waals surface area contributed by atoms with Gasteiger partial charge in [-0.2, -0.15) is 0 Å². The normalized spacial score (nSPS) is 25.1. The Labute approximate surface area is 83.8 Å². The van der Waals surface area contributed by atoms with E-state index in [-0.39, 0.29) is 17.9 Å². The zero-order valence-electron chi connectivity index (χ0n) is 8.40. The Balaban J connectivity index is 2.07. The number of amides is 2. The van der Waals surface area contributed by atoms with Crippen LogP contribution in [0.1, 0.15) is 32.6 Å². The van der Waals surface area contributed by atoms with E-state index >= 15 is 0 Å². The van der Waals surface area contributed by atoms with Crippen LogP contribution < -0.4 is 0 Å². The summed E-state index contributed by atoms with van der Waals surface area (Å²) < 4.78 is 0. The van der Waals surface area contributed by atoms with E-state index in [1.54, 1.807) is 0 Å². The Hall–Kier alpha value is -1.12. The lowest BCUT2D eigenvalue weighted by atomic mass is 9.98. The molecule has 2 aliphatic rings. The fourth-order valence-electron chi connectivity index (χ4n) is 2.46. The highest BCUT2D eigenvalue weighted by Gasteiger charge is 2.34. The average molecular weight is 193 g/mol. The lowest BCUT2D eigenvalue weighted by Crippen LogP contribution is -2.41. The molecule has 14 heavy (non-hydrogen) atoms. The van der Waals surface area contributed by atoms with E-state index in [0.717, 1.165) is 12.8 Å². The molecule has 0 N–H and O–H groups in total. The van der Waals surface area contributed by atoms with E-state index in [0.29, 0.717) is 5.92 Å². The van der Waals surface area contributed by atoms with Crippen LogP contribution in [0.4, 0.5) is 0 Å². The number of carbonyl (C=O) groups excluding carboxylic acids is 2. The topological polar surface area (TPSA) is 37.4 Å². The number of hydrogen-bond acceptors (Lipinski definition) is 2. The summed E-state index contributed by atoms with van der Waals surface area (Å²) in [6.45, 7) is 1.98. The minimum absolute atomic E-state index is 0.0764. The molecule has 2 amide bonds. The van der Waals surface area contributed by atoms with E-state index < -0.39 is 0 Å². The first-order valence-electron chi connectivity index (χ1n) is 5.25. The van der Waals surface area contributed by atoms with Crippen LogP contribution in [0.15, 0.2) is 12.2 Å². The summed E-state index contributed by atoms with van der Waals surface area (Å²) in [6.07, 6.45) is 7.51. The van der Waals surface area contributed by atoms with Gasteiger partial charge in [0.2, 0.25) is 0 Å². The van der Waals surface area contributed by atoms with E-state index in [1.165, 1.54) is 29.9 Å². The SMILES string of the molecule is CC(C1CCCC1)N1C(=O)C=CC1=O. The second-order valence-electron chi connectivity index (χ2n) is 4.16. The summed E-state index contributed by atoms with van der Waals surface area (Å²) in [4.78, 5) is 24.2. The fraction of sp³-hybridized carbons (Fsp3) is 0.636. The molecule has 3 nitrogen and oxygen atoms in total. The quantitative estimate of drug-likeness (QED) is 0.623. The van der Waals surface area contributed by atoms with E-state index in [2.05, 4.69) is 0 Å². The van der Waals surface area contributed by atoms with Crippen molar-refractivity contribution in [3.05, 3.63) is 12.2 Å². The molecule has 76 valence electrons. The smallest absolute Gasteiger partial charge is 0.253 e. The van der Waals surface area contributed by atoms with E-state index in [1.807, 2.05) is 6.92 Å². The highest BCUT2D eigenvalue weighted by molar-refractivity contribution is 6.13. The first-order valence-corrected chi connectivity index (χ1v) is 5.25. The van der Waals surface area contributed by atoms with Gasteiger partial charge < -0.3 is 0 Å². The predicted octanol–water partition coefficient (Wildman–Crippen LogP) is 1.49. The Kier molecular flexibility index (Phi) is 2.40. The van der Waals surface area contributed by atoms with Crippen molar-refractivity contribution in [1.82, 2.24) is 4.90 Å². The molecule has 1 fully saturated rings. The van der Waals surface area contributed by atoms with Crippen LogP contribution in [-0.4, -0.2) is 22.8 Å². The van der Waals surface area contributed by atoms with Crippen LogP contribution in [-0.2, 0) is 9.59 Å². The van der Waals surface area contributed by atoms with Crippen LogP contribution in [0.5, 0.6) is 0 Å². The number of imide groups is 1. The van der Waals surface area contributed by atoms with Crippen molar-refractivity contribution < 1.29 is 9.59 Å². The van der Waals surface area contributed by atoms with Crippen LogP contribution >= 0.6 is 0 Å². The van der Waals surface area contributed by atoms with Crippen LogP contribution in [0, 0.1) is 5.92 Å². The van der Waals surface area contributed by atoms with Gasteiger partial charge in [0.25, 0.3) is 11.8 Å². The van der Waals surface area contributed by atoms with Crippen molar-refractivity contribution in [2.75, 3.05) is 0 Å². The number of rotatable bonds is 2. The fourth-order valence-corrected chi connectivity index (χ4v) is 2.46. The molecule has 1 heterocycles. The van der Waals surface area contributed by atoms with Crippen LogP contribution in [0.3, 0.4) is 0 Å². The summed E-state index contributed by atoms with van der Waals surface area (Å²) in [5.74, 6) is 0.228. The van der Waals surface area contributed by atoms with Crippen molar-refractivity contribution in [3.63, 3.8) is 0 Å². The zero-order chi connectivity index (χ0) is 10.1. The van der Waals surface area contributed by atoms with Crippen molar-refractivity contribution in [1.29, 1.82) is 0 Å². The summed E-state index contributed by atoms with van der Waals surface area (Å²) >= 11 is 0. The lowest BCUT2D eigenvalue weighted by Gasteiger charge is -2.27. The summed E-state index contributed by atoms with van der Waals surface area (Å²) in [5.41, 5.74) is 0. The van der Waals surface area contributed by atoms with Gasteiger partial charge in [0.15, 0.2) is 0 Å². The number of nitrogens with zero attached hydrogens (tertiary/aromatic N) is 1. The number of carbonyl (C=O) groups is 2. The molecule has 1 saturated carbocycles. The van der Waals surface area contributed by atoms with Gasteiger partial charge in [-0.15, -0.1) is 0 Å². The summed E-state index contributed by atoms with van der Waals surface area (Å²) in [6, 6.07) is 0.0764. The minimum atomic E-state index is -0.144. The first-order chi connectivity index (χ1) is 6.70. The van der Waals surface area contributed by atoms with Crippen LogP contribution in [0.2, 0.25) is 0 Å². The van der Waals surface area contributed by atoms with E-state index in [4.69, 9.17) is 0 Å². The highest BCUT2D eigenvalue weighted by Crippen LogP contribution is 2.31. The molecule has 1 aliphatic heterocycles. The standard InChI is InChI=1S/C11H15NO2/c1-8(9-4-2-3-5-9)12-10(13)6-7-11(12)14/h6-9H,2-5H2,1H3. The largest absolute Gasteiger partial charge is 0.272 e. The maximum absolute atomic E-state index is 11.4. The van der Waals surface area contributed by atoms with Gasteiger partial charge in [-0.25, -0.2) is 0 Å². The van der Waals surface area contributed by atoms with Gasteiger partial charge in [-0.05, 0) is 25.7 Å². The Morgan fingerprint density at radius 3 is 2.21 bits per heavy atom. The van der Waals surface area contributed by atoms with Gasteiger partial charge in [-0.1, -0.05) is 12.8 Å². The monoisotopic (exact) mass is 193 g/mol. The zero-order valence-corrected chi connectivity index (χ0v) is 8.40. The van der Waals surface area contributed by atoms with Gasteiger partial charge in [-0.3, -0.25) is 14.5 Å². The lowest BCUT2D eigenvalue weighted by molar-refractivity contribution is -0.140. The highest BCUT2D eigenvalue weighted by atomic mass is 16.2. The molecule has 0 spiro atoms. The average Bonchev–Trinajstić information content (AvgIpc) is 2.75. The molecule has 0 aromatic rings. The Morgan fingerprint density at radius 1 is 1.21 bits per heavy atom. The van der Waals surface area contributed by atoms with Gasteiger partial charge in [0.05, 0.1) is 0 Å². The molecule has 1 atom stereocenters. The molecule has 0 aromatic carbocycles. The van der Waals surface area contributed by atoms with Gasteiger partial charge in [0, 0.05) is 18.2 Å². The minimum Gasteiger partial charge on any atom is -0.272 e. The molecule has 0 aromatic heterocycles. The Morgan fingerprint density at radius 2 is 1.71 bits per heavy atom. The number of hydrogen-bond donors (Lipinski definition) is 0.